The minimum atomic E-state index is 0.530. The normalized spacial score (nSPS) is 28.8. The number of nitrogens with zero attached hydrogens (tertiary/aromatic N) is 1. The summed E-state index contributed by atoms with van der Waals surface area (Å²) in [7, 11) is 0. The lowest BCUT2D eigenvalue weighted by atomic mass is 9.96. The third-order valence-electron chi connectivity index (χ3n) is 1.93. The second-order valence-electron chi connectivity index (χ2n) is 2.61. The topological polar surface area (TPSA) is 26.1 Å². The van der Waals surface area contributed by atoms with Crippen molar-refractivity contribution < 1.29 is 0 Å². The van der Waals surface area contributed by atoms with Crippen molar-refractivity contribution in [2.45, 2.75) is 18.9 Å². The van der Waals surface area contributed by atoms with Gasteiger partial charge in [-0.05, 0) is 6.42 Å². The molecule has 0 fully saturated rings. The van der Waals surface area contributed by atoms with E-state index in [1.807, 2.05) is 6.20 Å². The second kappa shape index (κ2) is 2.29. The van der Waals surface area contributed by atoms with Crippen LogP contribution in [0.1, 0.15) is 12.8 Å². The first-order valence-electron chi connectivity index (χ1n) is 3.58. The highest BCUT2D eigenvalue weighted by Gasteiger charge is 2.21. The molecule has 2 rings (SSSR count). The van der Waals surface area contributed by atoms with E-state index in [0.717, 1.165) is 12.8 Å². The largest absolute Gasteiger partial charge is 0.279 e. The fourth-order valence-corrected chi connectivity index (χ4v) is 1.33. The van der Waals surface area contributed by atoms with Gasteiger partial charge in [0.25, 0.3) is 6.34 Å². The molecule has 2 nitrogen and oxygen atoms in total. The number of fused-ring (bicyclic) bond motifs is 1. The molecule has 2 heteroatoms. The Morgan fingerprint density at radius 3 is 3.40 bits per heavy atom. The zero-order valence-electron chi connectivity index (χ0n) is 5.75. The van der Waals surface area contributed by atoms with Gasteiger partial charge in [0.2, 0.25) is 0 Å². The van der Waals surface area contributed by atoms with Gasteiger partial charge in [0.1, 0.15) is 12.2 Å². The van der Waals surface area contributed by atoms with E-state index < -0.39 is 0 Å². The van der Waals surface area contributed by atoms with Crippen molar-refractivity contribution in [3.63, 3.8) is 0 Å². The molecule has 1 N–H and O–H groups in total. The maximum atomic E-state index is 4.03. The fraction of sp³-hybridized carbons (Fsp3) is 0.375. The smallest absolute Gasteiger partial charge is 0.270 e. The summed E-state index contributed by atoms with van der Waals surface area (Å²) in [5.74, 6) is 0. The molecule has 0 saturated carbocycles. The van der Waals surface area contributed by atoms with Gasteiger partial charge in [0, 0.05) is 12.0 Å². The first-order chi connectivity index (χ1) is 4.97. The molecule has 1 radical (unpaired) electrons. The first kappa shape index (κ1) is 5.71. The maximum Gasteiger partial charge on any atom is 0.279 e. The van der Waals surface area contributed by atoms with Crippen LogP contribution in [0.25, 0.3) is 0 Å². The standard InChI is InChI=1S/C8H10N2/c1-2-4-8-7(3-1)5-9-6-10-8/h1-2,5-6,8,10H,3-4H2/q+1. The summed E-state index contributed by atoms with van der Waals surface area (Å²) < 4.78 is 0. The molecule has 0 aromatic heterocycles. The summed E-state index contributed by atoms with van der Waals surface area (Å²) in [6.07, 6.45) is 10.3. The molecule has 51 valence electrons. The van der Waals surface area contributed by atoms with E-state index >= 15 is 0 Å². The van der Waals surface area contributed by atoms with Crippen LogP contribution < -0.4 is 10.3 Å². The number of aliphatic imine (C=N–C) groups is 1. The van der Waals surface area contributed by atoms with Crippen LogP contribution in [0.5, 0.6) is 0 Å². The van der Waals surface area contributed by atoms with Gasteiger partial charge in [0.15, 0.2) is 0 Å². The van der Waals surface area contributed by atoms with Crippen LogP contribution in [0.3, 0.4) is 0 Å². The quantitative estimate of drug-likeness (QED) is 0.481. The van der Waals surface area contributed by atoms with E-state index in [0.29, 0.717) is 6.04 Å². The summed E-state index contributed by atoms with van der Waals surface area (Å²) in [6.45, 7) is 0. The highest BCUT2D eigenvalue weighted by molar-refractivity contribution is 5.57. The van der Waals surface area contributed by atoms with Gasteiger partial charge in [-0.2, -0.15) is 0 Å². The number of hydrogen-bond acceptors (Lipinski definition) is 2. The third kappa shape index (κ3) is 0.856. The zero-order chi connectivity index (χ0) is 6.81. The lowest BCUT2D eigenvalue weighted by Gasteiger charge is -2.16. The Hall–Kier alpha value is -1.05. The maximum absolute atomic E-state index is 4.03. The Balaban J connectivity index is 2.23. The lowest BCUT2D eigenvalue weighted by molar-refractivity contribution is 0.659. The summed E-state index contributed by atoms with van der Waals surface area (Å²) in [6, 6.07) is 0.530. The Morgan fingerprint density at radius 1 is 1.50 bits per heavy atom. The van der Waals surface area contributed by atoms with Crippen LogP contribution in [-0.4, -0.2) is 12.4 Å². The minimum Gasteiger partial charge on any atom is -0.270 e. The van der Waals surface area contributed by atoms with E-state index in [2.05, 4.69) is 22.5 Å². The minimum absolute atomic E-state index is 0.530. The number of nitrogens with one attached hydrogen (secondary N) is 1. The van der Waals surface area contributed by atoms with E-state index in [1.54, 1.807) is 6.34 Å². The molecule has 1 atom stereocenters. The second-order valence-corrected chi connectivity index (χ2v) is 2.61. The fourth-order valence-electron chi connectivity index (χ4n) is 1.33. The van der Waals surface area contributed by atoms with E-state index in [9.17, 15) is 0 Å². The van der Waals surface area contributed by atoms with Gasteiger partial charge in [-0.1, -0.05) is 17.1 Å². The predicted octanol–water partition coefficient (Wildman–Crippen LogP) is 0.556. The number of hydrogen-bond donors (Lipinski definition) is 1. The van der Waals surface area contributed by atoms with Crippen LogP contribution >= 0.6 is 0 Å². The van der Waals surface area contributed by atoms with Crippen molar-refractivity contribution >= 4 is 6.34 Å². The average Bonchev–Trinajstić information content (AvgIpc) is 2.05. The molecule has 0 aromatic carbocycles. The van der Waals surface area contributed by atoms with Gasteiger partial charge in [-0.15, -0.1) is 0 Å². The molecule has 10 heavy (non-hydrogen) atoms. The van der Waals surface area contributed by atoms with Gasteiger partial charge in [-0.3, -0.25) is 5.32 Å². The Bertz CT molecular complexity index is 213. The summed E-state index contributed by atoms with van der Waals surface area (Å²) in [5.41, 5.74) is 1.41. The molecule has 1 aliphatic heterocycles. The average molecular weight is 134 g/mol. The van der Waals surface area contributed by atoms with Gasteiger partial charge in [-0.25, -0.2) is 0 Å². The third-order valence-corrected chi connectivity index (χ3v) is 1.93. The van der Waals surface area contributed by atoms with Gasteiger partial charge in [0.05, 0.1) is 0 Å². The Labute approximate surface area is 60.3 Å². The van der Waals surface area contributed by atoms with Crippen molar-refractivity contribution in [1.29, 1.82) is 0 Å². The number of rotatable bonds is 0. The zero-order valence-corrected chi connectivity index (χ0v) is 5.75. The molecule has 0 bridgehead atoms. The molecule has 1 heterocycles. The van der Waals surface area contributed by atoms with Crippen LogP contribution in [0.4, 0.5) is 0 Å². The SMILES string of the molecule is C1=CCC2NC=[N+]C=C2C1. The van der Waals surface area contributed by atoms with Crippen molar-refractivity contribution in [2.75, 3.05) is 0 Å². The molecule has 2 aliphatic rings. The highest BCUT2D eigenvalue weighted by Crippen LogP contribution is 2.17. The van der Waals surface area contributed by atoms with Crippen LogP contribution in [0, 0.1) is 0 Å². The van der Waals surface area contributed by atoms with Crippen molar-refractivity contribution in [1.82, 2.24) is 10.3 Å². The molecular formula is C8H10N2+. The summed E-state index contributed by atoms with van der Waals surface area (Å²) in [5, 5.41) is 3.21. The van der Waals surface area contributed by atoms with Gasteiger partial charge >= 0.3 is 0 Å². The molecule has 0 saturated heterocycles. The predicted molar refractivity (Wildman–Crippen MR) is 41.6 cm³/mol. The molecule has 0 spiro atoms. The van der Waals surface area contributed by atoms with Crippen molar-refractivity contribution in [2.24, 2.45) is 0 Å². The van der Waals surface area contributed by atoms with Crippen LogP contribution in [0.15, 0.2) is 23.9 Å². The monoisotopic (exact) mass is 134 g/mol. The molecule has 1 aliphatic carbocycles. The number of allylic oxidation sites excluding steroid dienone is 1. The van der Waals surface area contributed by atoms with Crippen LogP contribution in [0.2, 0.25) is 0 Å². The Morgan fingerprint density at radius 2 is 2.50 bits per heavy atom. The summed E-state index contributed by atoms with van der Waals surface area (Å²) in [4.78, 5) is 4.03. The lowest BCUT2D eigenvalue weighted by Crippen LogP contribution is -2.34. The first-order valence-corrected chi connectivity index (χ1v) is 3.58. The van der Waals surface area contributed by atoms with Crippen molar-refractivity contribution in [3.05, 3.63) is 23.9 Å². The van der Waals surface area contributed by atoms with Crippen LogP contribution in [-0.2, 0) is 0 Å². The van der Waals surface area contributed by atoms with E-state index in [-0.39, 0.29) is 0 Å². The molecular weight excluding hydrogens is 124 g/mol. The van der Waals surface area contributed by atoms with Crippen molar-refractivity contribution in [3.8, 4) is 0 Å². The molecule has 1 unspecified atom stereocenters. The molecule has 0 amide bonds. The van der Waals surface area contributed by atoms with E-state index in [1.165, 1.54) is 5.57 Å². The Kier molecular flexibility index (Phi) is 1.31. The van der Waals surface area contributed by atoms with Gasteiger partial charge < -0.3 is 0 Å². The van der Waals surface area contributed by atoms with E-state index in [4.69, 9.17) is 0 Å². The highest BCUT2D eigenvalue weighted by atomic mass is 15.0. The summed E-state index contributed by atoms with van der Waals surface area (Å²) >= 11 is 0. The molecule has 0 aromatic rings.